The lowest BCUT2D eigenvalue weighted by Gasteiger charge is -2.38. The summed E-state index contributed by atoms with van der Waals surface area (Å²) in [4.78, 5) is 16.0. The van der Waals surface area contributed by atoms with Crippen LogP contribution in [0.15, 0.2) is 0 Å². The Balaban J connectivity index is 1.81. The molecular weight excluding hydrogens is 313 g/mol. The Morgan fingerprint density at radius 1 is 1.26 bits per heavy atom. The number of morpholine rings is 1. The van der Waals surface area contributed by atoms with Crippen molar-refractivity contribution in [3.8, 4) is 0 Å². The summed E-state index contributed by atoms with van der Waals surface area (Å²) in [5.41, 5.74) is 0. The molecule has 2 rings (SSSR count). The van der Waals surface area contributed by atoms with E-state index in [2.05, 4.69) is 9.64 Å². The first kappa shape index (κ1) is 18.5. The molecule has 0 bridgehead atoms. The van der Waals surface area contributed by atoms with Crippen molar-refractivity contribution in [1.29, 1.82) is 0 Å². The Labute approximate surface area is 134 Å². The molecule has 2 aliphatic heterocycles. The van der Waals surface area contributed by atoms with Crippen LogP contribution < -0.4 is 0 Å². The van der Waals surface area contributed by atoms with Crippen LogP contribution in [0.5, 0.6) is 0 Å². The molecule has 0 aliphatic carbocycles. The van der Waals surface area contributed by atoms with E-state index in [4.69, 9.17) is 4.74 Å². The van der Waals surface area contributed by atoms with Gasteiger partial charge in [0, 0.05) is 32.2 Å². The number of hydrogen-bond donors (Lipinski definition) is 0. The number of carbonyl (C=O) groups is 1. The summed E-state index contributed by atoms with van der Waals surface area (Å²) in [7, 11) is 0. The van der Waals surface area contributed by atoms with Gasteiger partial charge in [-0.3, -0.25) is 9.69 Å². The minimum atomic E-state index is -4.40. The third-order valence-corrected chi connectivity index (χ3v) is 4.15. The summed E-state index contributed by atoms with van der Waals surface area (Å²) in [6.07, 6.45) is -2.33. The van der Waals surface area contributed by atoms with E-state index in [-0.39, 0.29) is 24.2 Å². The standard InChI is InChI=1S/C15H25F3N2O3/c1-11-6-19(7-12(2)23-11)8-13-4-3-5-20(13)14(21)9-22-10-15(16,17)18/h11-13H,3-10H2,1-2H3. The predicted octanol–water partition coefficient (Wildman–Crippen LogP) is 1.67. The highest BCUT2D eigenvalue weighted by Gasteiger charge is 2.33. The van der Waals surface area contributed by atoms with E-state index in [1.54, 1.807) is 4.90 Å². The normalized spacial score (nSPS) is 30.0. The molecule has 2 aliphatic rings. The molecule has 3 atom stereocenters. The van der Waals surface area contributed by atoms with E-state index in [0.717, 1.165) is 32.5 Å². The highest BCUT2D eigenvalue weighted by Crippen LogP contribution is 2.21. The number of hydrogen-bond acceptors (Lipinski definition) is 4. The molecule has 2 fully saturated rings. The van der Waals surface area contributed by atoms with Crippen molar-refractivity contribution in [3.63, 3.8) is 0 Å². The lowest BCUT2D eigenvalue weighted by atomic mass is 10.1. The van der Waals surface area contributed by atoms with Crippen molar-refractivity contribution in [2.75, 3.05) is 39.4 Å². The highest BCUT2D eigenvalue weighted by atomic mass is 19.4. The van der Waals surface area contributed by atoms with Gasteiger partial charge in [0.15, 0.2) is 0 Å². The maximum atomic E-state index is 12.1. The van der Waals surface area contributed by atoms with Gasteiger partial charge in [-0.25, -0.2) is 0 Å². The molecule has 0 aromatic heterocycles. The molecule has 134 valence electrons. The molecule has 2 heterocycles. The van der Waals surface area contributed by atoms with Crippen LogP contribution in [-0.2, 0) is 14.3 Å². The second-order valence-electron chi connectivity index (χ2n) is 6.47. The molecule has 0 saturated carbocycles. The van der Waals surface area contributed by atoms with Gasteiger partial charge in [0.1, 0.15) is 13.2 Å². The fourth-order valence-corrected chi connectivity index (χ4v) is 3.42. The second kappa shape index (κ2) is 7.81. The van der Waals surface area contributed by atoms with E-state index < -0.39 is 19.4 Å². The summed E-state index contributed by atoms with van der Waals surface area (Å²) in [5, 5.41) is 0. The Morgan fingerprint density at radius 3 is 2.52 bits per heavy atom. The number of halogens is 3. The van der Waals surface area contributed by atoms with Gasteiger partial charge in [0.05, 0.1) is 12.2 Å². The molecule has 0 radical (unpaired) electrons. The van der Waals surface area contributed by atoms with E-state index in [1.807, 2.05) is 13.8 Å². The number of nitrogens with zero attached hydrogens (tertiary/aromatic N) is 2. The van der Waals surface area contributed by atoms with E-state index in [0.29, 0.717) is 6.54 Å². The SMILES string of the molecule is CC1CN(CC2CCCN2C(=O)COCC(F)(F)F)CC(C)O1. The first-order chi connectivity index (χ1) is 10.7. The smallest absolute Gasteiger partial charge is 0.373 e. The number of ether oxygens (including phenoxy) is 2. The monoisotopic (exact) mass is 338 g/mol. The van der Waals surface area contributed by atoms with Crippen molar-refractivity contribution in [2.24, 2.45) is 0 Å². The number of rotatable bonds is 5. The summed E-state index contributed by atoms with van der Waals surface area (Å²) in [5.74, 6) is -0.355. The summed E-state index contributed by atoms with van der Waals surface area (Å²) in [6.45, 7) is 5.11. The van der Waals surface area contributed by atoms with Gasteiger partial charge in [-0.15, -0.1) is 0 Å². The van der Waals surface area contributed by atoms with Crippen LogP contribution in [0, 0.1) is 0 Å². The van der Waals surface area contributed by atoms with Crippen molar-refractivity contribution >= 4 is 5.91 Å². The lowest BCUT2D eigenvalue weighted by Crippen LogP contribution is -2.51. The Kier molecular flexibility index (Phi) is 6.27. The van der Waals surface area contributed by atoms with Crippen molar-refractivity contribution < 1.29 is 27.4 Å². The largest absolute Gasteiger partial charge is 0.411 e. The number of amides is 1. The zero-order valence-corrected chi connectivity index (χ0v) is 13.6. The molecule has 5 nitrogen and oxygen atoms in total. The topological polar surface area (TPSA) is 42.0 Å². The lowest BCUT2D eigenvalue weighted by molar-refractivity contribution is -0.178. The fourth-order valence-electron chi connectivity index (χ4n) is 3.42. The van der Waals surface area contributed by atoms with Crippen LogP contribution in [0.25, 0.3) is 0 Å². The zero-order valence-electron chi connectivity index (χ0n) is 13.6. The van der Waals surface area contributed by atoms with Crippen molar-refractivity contribution in [1.82, 2.24) is 9.80 Å². The van der Waals surface area contributed by atoms with Gasteiger partial charge < -0.3 is 14.4 Å². The summed E-state index contributed by atoms with van der Waals surface area (Å²) >= 11 is 0. The molecular formula is C15H25F3N2O3. The van der Waals surface area contributed by atoms with E-state index in [9.17, 15) is 18.0 Å². The van der Waals surface area contributed by atoms with Crippen LogP contribution >= 0.6 is 0 Å². The predicted molar refractivity (Wildman–Crippen MR) is 78.1 cm³/mol. The molecule has 23 heavy (non-hydrogen) atoms. The highest BCUT2D eigenvalue weighted by molar-refractivity contribution is 5.78. The average Bonchev–Trinajstić information content (AvgIpc) is 2.84. The maximum absolute atomic E-state index is 12.1. The molecule has 3 unspecified atom stereocenters. The molecule has 0 N–H and O–H groups in total. The van der Waals surface area contributed by atoms with E-state index >= 15 is 0 Å². The van der Waals surface area contributed by atoms with Crippen LogP contribution in [0.1, 0.15) is 26.7 Å². The van der Waals surface area contributed by atoms with Gasteiger partial charge >= 0.3 is 6.18 Å². The third kappa shape index (κ3) is 5.93. The zero-order chi connectivity index (χ0) is 17.0. The quantitative estimate of drug-likeness (QED) is 0.765. The maximum Gasteiger partial charge on any atom is 0.411 e. The van der Waals surface area contributed by atoms with Gasteiger partial charge in [-0.2, -0.15) is 13.2 Å². The van der Waals surface area contributed by atoms with Crippen LogP contribution in [-0.4, -0.2) is 79.5 Å². The minimum absolute atomic E-state index is 0.0505. The van der Waals surface area contributed by atoms with Crippen molar-refractivity contribution in [3.05, 3.63) is 0 Å². The van der Waals surface area contributed by atoms with Gasteiger partial charge in [-0.05, 0) is 26.7 Å². The molecule has 0 spiro atoms. The molecule has 0 aromatic carbocycles. The molecule has 1 amide bonds. The summed E-state index contributed by atoms with van der Waals surface area (Å²) in [6, 6.07) is 0.0505. The number of likely N-dealkylation sites (tertiary alicyclic amines) is 1. The molecule has 0 aromatic rings. The molecule has 8 heteroatoms. The minimum Gasteiger partial charge on any atom is -0.373 e. The van der Waals surface area contributed by atoms with Gasteiger partial charge in [-0.1, -0.05) is 0 Å². The van der Waals surface area contributed by atoms with Gasteiger partial charge in [0.25, 0.3) is 0 Å². The van der Waals surface area contributed by atoms with E-state index in [1.165, 1.54) is 0 Å². The van der Waals surface area contributed by atoms with Crippen LogP contribution in [0.3, 0.4) is 0 Å². The first-order valence-electron chi connectivity index (χ1n) is 8.06. The number of carbonyl (C=O) groups excluding carboxylic acids is 1. The summed E-state index contributed by atoms with van der Waals surface area (Å²) < 4.78 is 46.4. The first-order valence-corrected chi connectivity index (χ1v) is 8.06. The Morgan fingerprint density at radius 2 is 1.91 bits per heavy atom. The van der Waals surface area contributed by atoms with Crippen LogP contribution in [0.4, 0.5) is 13.2 Å². The Bertz CT molecular complexity index is 396. The third-order valence-electron chi connectivity index (χ3n) is 4.15. The Hall–Kier alpha value is -0.860. The van der Waals surface area contributed by atoms with Crippen molar-refractivity contribution in [2.45, 2.75) is 51.1 Å². The van der Waals surface area contributed by atoms with Crippen LogP contribution in [0.2, 0.25) is 0 Å². The molecule has 2 saturated heterocycles. The number of alkyl halides is 3. The average molecular weight is 338 g/mol. The fraction of sp³-hybridized carbons (Fsp3) is 0.933. The second-order valence-corrected chi connectivity index (χ2v) is 6.47. The van der Waals surface area contributed by atoms with Gasteiger partial charge in [0.2, 0.25) is 5.91 Å².